The second-order valence-electron chi connectivity index (χ2n) is 8.16. The van der Waals surface area contributed by atoms with Crippen LogP contribution in [0.2, 0.25) is 5.15 Å². The van der Waals surface area contributed by atoms with Crippen molar-refractivity contribution in [1.29, 1.82) is 0 Å². The zero-order valence-electron chi connectivity index (χ0n) is 18.7. The van der Waals surface area contributed by atoms with Crippen LogP contribution < -0.4 is 10.6 Å². The molecule has 1 aliphatic heterocycles. The number of alkyl halides is 3. The van der Waals surface area contributed by atoms with Crippen LogP contribution in [0, 0.1) is 0 Å². The molecule has 0 bridgehead atoms. The first-order chi connectivity index (χ1) is 17.2. The summed E-state index contributed by atoms with van der Waals surface area (Å²) in [4.78, 5) is 22.1. The van der Waals surface area contributed by atoms with Crippen molar-refractivity contribution >= 4 is 39.9 Å². The van der Waals surface area contributed by atoms with Gasteiger partial charge in [0.2, 0.25) is 0 Å². The average molecular weight is 511 g/mol. The maximum atomic E-state index is 13.4. The minimum atomic E-state index is -4.48. The number of nitrogens with zero attached hydrogens (tertiary/aromatic N) is 3. The molecule has 4 aromatic rings. The number of anilines is 1. The average Bonchev–Trinajstić information content (AvgIpc) is 3.31. The van der Waals surface area contributed by atoms with Gasteiger partial charge in [-0.3, -0.25) is 14.9 Å². The highest BCUT2D eigenvalue weighted by Gasteiger charge is 2.33. The molecule has 0 fully saturated rings. The van der Waals surface area contributed by atoms with Crippen LogP contribution in [0.4, 0.5) is 18.9 Å². The fourth-order valence-corrected chi connectivity index (χ4v) is 4.16. The Morgan fingerprint density at radius 3 is 2.58 bits per heavy atom. The number of benzene rings is 2. The summed E-state index contributed by atoms with van der Waals surface area (Å²) < 4.78 is 39.4. The Labute approximate surface area is 208 Å². The molecule has 0 aliphatic carbocycles. The van der Waals surface area contributed by atoms with E-state index >= 15 is 0 Å². The van der Waals surface area contributed by atoms with Crippen molar-refractivity contribution in [3.63, 3.8) is 0 Å². The van der Waals surface area contributed by atoms with Crippen LogP contribution in [-0.4, -0.2) is 26.9 Å². The predicted octanol–water partition coefficient (Wildman–Crippen LogP) is 5.63. The molecule has 1 amide bonds. The van der Waals surface area contributed by atoms with E-state index in [-0.39, 0.29) is 10.7 Å². The highest BCUT2D eigenvalue weighted by atomic mass is 35.5. The maximum absolute atomic E-state index is 13.4. The van der Waals surface area contributed by atoms with Crippen molar-refractivity contribution in [3.05, 3.63) is 100 Å². The van der Waals surface area contributed by atoms with Gasteiger partial charge in [0.15, 0.2) is 0 Å². The van der Waals surface area contributed by atoms with Crippen molar-refractivity contribution in [1.82, 2.24) is 20.5 Å². The number of rotatable bonds is 4. The SMILES string of the molecule is CC1=C(C(=O)Nc2ccc3[nH]ncc3c2)C(c2ccc(C(F)(F)F)cc2)N=C(c2ccnc(Cl)c2)N1. The molecule has 2 aromatic carbocycles. The molecule has 1 aliphatic rings. The monoisotopic (exact) mass is 510 g/mol. The van der Waals surface area contributed by atoms with Gasteiger partial charge < -0.3 is 10.6 Å². The van der Waals surface area contributed by atoms with Crippen molar-refractivity contribution in [2.24, 2.45) is 4.99 Å². The number of allylic oxidation sites excluding steroid dienone is 1. The number of aromatic nitrogens is 3. The number of amides is 1. The van der Waals surface area contributed by atoms with Crippen LogP contribution >= 0.6 is 11.6 Å². The quantitative estimate of drug-likeness (QED) is 0.310. The summed E-state index contributed by atoms with van der Waals surface area (Å²) in [6.07, 6.45) is -1.33. The molecule has 7 nitrogen and oxygen atoms in total. The third-order valence-corrected chi connectivity index (χ3v) is 5.94. The highest BCUT2D eigenvalue weighted by molar-refractivity contribution is 6.29. The fourth-order valence-electron chi connectivity index (χ4n) is 3.98. The Bertz CT molecular complexity index is 1520. The minimum absolute atomic E-state index is 0.253. The highest BCUT2D eigenvalue weighted by Crippen LogP contribution is 2.35. The number of pyridine rings is 1. The molecule has 0 radical (unpaired) electrons. The molecule has 0 spiro atoms. The number of hydrogen-bond acceptors (Lipinski definition) is 5. The molecule has 2 aromatic heterocycles. The van der Waals surface area contributed by atoms with E-state index in [1.165, 1.54) is 18.3 Å². The lowest BCUT2D eigenvalue weighted by Crippen LogP contribution is -2.34. The van der Waals surface area contributed by atoms with Gasteiger partial charge in [-0.2, -0.15) is 18.3 Å². The lowest BCUT2D eigenvalue weighted by molar-refractivity contribution is -0.137. The van der Waals surface area contributed by atoms with E-state index in [0.717, 1.165) is 23.0 Å². The molecule has 11 heteroatoms. The summed E-state index contributed by atoms with van der Waals surface area (Å²) in [7, 11) is 0. The first kappa shape index (κ1) is 23.6. The number of amidine groups is 1. The lowest BCUT2D eigenvalue weighted by atomic mass is 9.94. The van der Waals surface area contributed by atoms with Gasteiger partial charge in [-0.05, 0) is 55.0 Å². The van der Waals surface area contributed by atoms with Gasteiger partial charge in [-0.15, -0.1) is 0 Å². The minimum Gasteiger partial charge on any atom is -0.343 e. The summed E-state index contributed by atoms with van der Waals surface area (Å²) in [6, 6.07) is 12.3. The molecule has 1 atom stereocenters. The summed E-state index contributed by atoms with van der Waals surface area (Å²) in [5.41, 5.74) is 2.39. The van der Waals surface area contributed by atoms with E-state index in [4.69, 9.17) is 16.6 Å². The normalized spacial score (nSPS) is 16.0. The third-order valence-electron chi connectivity index (χ3n) is 5.74. The van der Waals surface area contributed by atoms with Crippen LogP contribution in [0.15, 0.2) is 83.3 Å². The molecule has 182 valence electrons. The van der Waals surface area contributed by atoms with Crippen molar-refractivity contribution in [3.8, 4) is 0 Å². The van der Waals surface area contributed by atoms with Crippen LogP contribution in [0.25, 0.3) is 10.9 Å². The van der Waals surface area contributed by atoms with Crippen molar-refractivity contribution in [2.45, 2.75) is 19.1 Å². The van der Waals surface area contributed by atoms with Crippen LogP contribution in [0.3, 0.4) is 0 Å². The molecular weight excluding hydrogens is 493 g/mol. The largest absolute Gasteiger partial charge is 0.416 e. The number of H-pyrrole nitrogens is 1. The predicted molar refractivity (Wildman–Crippen MR) is 131 cm³/mol. The maximum Gasteiger partial charge on any atom is 0.416 e. The number of carbonyl (C=O) groups excluding carboxylic acids is 1. The van der Waals surface area contributed by atoms with Gasteiger partial charge in [0, 0.05) is 28.5 Å². The summed E-state index contributed by atoms with van der Waals surface area (Å²) in [5.74, 6) is -0.0265. The summed E-state index contributed by atoms with van der Waals surface area (Å²) >= 11 is 6.03. The molecule has 0 saturated carbocycles. The summed E-state index contributed by atoms with van der Waals surface area (Å²) in [5, 5.41) is 13.9. The number of hydrogen-bond donors (Lipinski definition) is 3. The number of aromatic amines is 1. The fraction of sp³-hybridized carbons (Fsp3) is 0.120. The smallest absolute Gasteiger partial charge is 0.343 e. The van der Waals surface area contributed by atoms with Gasteiger partial charge in [0.05, 0.1) is 22.9 Å². The Morgan fingerprint density at radius 2 is 1.86 bits per heavy atom. The number of halogens is 4. The third kappa shape index (κ3) is 4.67. The standard InChI is InChI=1S/C25H18ClF3N6O/c1-13-21(24(36)33-18-6-7-19-16(10-18)12-31-35-19)22(14-2-4-17(5-3-14)25(27,28)29)34-23(32-13)15-8-9-30-20(26)11-15/h2-12,22H,1H3,(H,31,35)(H,32,34)(H,33,36). The van der Waals surface area contributed by atoms with Gasteiger partial charge in [0.25, 0.3) is 5.91 Å². The van der Waals surface area contributed by atoms with Crippen molar-refractivity contribution in [2.75, 3.05) is 5.32 Å². The van der Waals surface area contributed by atoms with Crippen LogP contribution in [0.5, 0.6) is 0 Å². The zero-order chi connectivity index (χ0) is 25.4. The van der Waals surface area contributed by atoms with Gasteiger partial charge in [-0.25, -0.2) is 4.98 Å². The molecule has 5 rings (SSSR count). The van der Waals surface area contributed by atoms with E-state index in [1.54, 1.807) is 43.5 Å². The van der Waals surface area contributed by atoms with Crippen LogP contribution in [-0.2, 0) is 11.0 Å². The molecule has 1 unspecified atom stereocenters. The van der Waals surface area contributed by atoms with E-state index in [1.807, 2.05) is 0 Å². The van der Waals surface area contributed by atoms with E-state index in [0.29, 0.717) is 28.3 Å². The zero-order valence-corrected chi connectivity index (χ0v) is 19.4. The van der Waals surface area contributed by atoms with Gasteiger partial charge in [0.1, 0.15) is 17.0 Å². The number of aliphatic imine (C=N–C) groups is 1. The van der Waals surface area contributed by atoms with Gasteiger partial charge >= 0.3 is 6.18 Å². The Balaban J connectivity index is 1.53. The first-order valence-electron chi connectivity index (χ1n) is 10.8. The second-order valence-corrected chi connectivity index (χ2v) is 8.54. The van der Waals surface area contributed by atoms with E-state index in [9.17, 15) is 18.0 Å². The topological polar surface area (TPSA) is 95.1 Å². The number of fused-ring (bicyclic) bond motifs is 1. The Morgan fingerprint density at radius 1 is 1.08 bits per heavy atom. The molecule has 0 saturated heterocycles. The van der Waals surface area contributed by atoms with E-state index in [2.05, 4.69) is 25.8 Å². The molecular formula is C25H18ClF3N6O. The Hall–Kier alpha value is -4.18. The Kier molecular flexibility index (Phi) is 5.97. The van der Waals surface area contributed by atoms with Gasteiger partial charge in [-0.1, -0.05) is 23.7 Å². The van der Waals surface area contributed by atoms with Crippen molar-refractivity contribution < 1.29 is 18.0 Å². The van der Waals surface area contributed by atoms with Crippen LogP contribution in [0.1, 0.15) is 29.7 Å². The number of carbonyl (C=O) groups is 1. The molecule has 3 heterocycles. The van der Waals surface area contributed by atoms with E-state index < -0.39 is 23.7 Å². The summed E-state index contributed by atoms with van der Waals surface area (Å²) in [6.45, 7) is 1.71. The lowest BCUT2D eigenvalue weighted by Gasteiger charge is -2.27. The molecule has 3 N–H and O–H groups in total. The first-order valence-corrected chi connectivity index (χ1v) is 11.2. The molecule has 36 heavy (non-hydrogen) atoms. The second kappa shape index (κ2) is 9.12. The number of nitrogens with one attached hydrogen (secondary N) is 3.